The van der Waals surface area contributed by atoms with E-state index in [1.54, 1.807) is 13.8 Å². The minimum Gasteiger partial charge on any atom is -0.356 e. The van der Waals surface area contributed by atoms with Crippen molar-refractivity contribution in [2.24, 2.45) is 0 Å². The predicted molar refractivity (Wildman–Crippen MR) is 199 cm³/mol. The fraction of sp³-hybridized carbons (Fsp3) is 0.421. The molecule has 2 aliphatic heterocycles. The zero-order valence-electron chi connectivity index (χ0n) is 30.5. The van der Waals surface area contributed by atoms with Crippen LogP contribution in [0.3, 0.4) is 0 Å². The molecule has 11 nitrogen and oxygen atoms in total. The van der Waals surface area contributed by atoms with Gasteiger partial charge in [-0.15, -0.1) is 0 Å². The minimum absolute atomic E-state index is 0.0299. The molecule has 0 aromatic heterocycles. The van der Waals surface area contributed by atoms with Crippen molar-refractivity contribution in [1.82, 2.24) is 24.7 Å². The molecule has 5 rings (SSSR count). The number of aliphatic hydroxyl groups is 1. The van der Waals surface area contributed by atoms with Gasteiger partial charge in [-0.1, -0.05) is 97.9 Å². The lowest BCUT2D eigenvalue weighted by Gasteiger charge is -2.52. The van der Waals surface area contributed by atoms with Gasteiger partial charge in [0, 0.05) is 44.5 Å². The van der Waals surface area contributed by atoms with Crippen molar-refractivity contribution >= 4 is 29.9 Å². The maximum atomic E-state index is 13.8. The summed E-state index contributed by atoms with van der Waals surface area (Å²) < 4.78 is 66.8. The first-order valence-electron chi connectivity index (χ1n) is 17.6. The molecule has 5 unspecified atom stereocenters. The topological polar surface area (TPSA) is 115 Å². The molecule has 2 aliphatic rings. The minimum atomic E-state index is -5.02. The second kappa shape index (κ2) is 17.4. The molecule has 1 fully saturated rings. The maximum absolute atomic E-state index is 13.8. The quantitative estimate of drug-likeness (QED) is 0.148. The van der Waals surface area contributed by atoms with E-state index in [2.05, 4.69) is 10.2 Å². The molecule has 2 heterocycles. The number of aliphatic hydroxyl groups excluding tert-OH is 1. The molecular weight excluding hydrogens is 746 g/mol. The molecule has 0 bridgehead atoms. The number of carbonyl (C=O) groups is 2. The molecule has 0 radical (unpaired) electrons. The third-order valence-corrected chi connectivity index (χ3v) is 12.5. The molecule has 0 aliphatic carbocycles. The predicted octanol–water partition coefficient (Wildman–Crippen LogP) is 6.10. The molecule has 54 heavy (non-hydrogen) atoms. The number of ether oxygens (including phenoxy) is 1. The summed E-state index contributed by atoms with van der Waals surface area (Å²) in [5.41, 5.74) is 2.29. The number of hydrogen-bond acceptors (Lipinski definition) is 8. The third-order valence-electron chi connectivity index (χ3n) is 9.97. The SMILES string of the molecule is CCC(CCN(C)P(=O)(Cl)OCC1CN(C(c2ccccc2)(c2ccccc2)c2ccccc2)CC(N2C=C(C)C(=O)NC2O)O1)N(C)C(=O)C(F)(F)F. The van der Waals surface area contributed by atoms with Gasteiger partial charge in [-0.05, 0) is 54.7 Å². The number of morpholine rings is 1. The summed E-state index contributed by atoms with van der Waals surface area (Å²) in [6.07, 6.45) is -6.25. The molecule has 16 heteroatoms. The number of benzene rings is 3. The summed E-state index contributed by atoms with van der Waals surface area (Å²) in [5.74, 6) is -2.39. The molecule has 5 atom stereocenters. The van der Waals surface area contributed by atoms with E-state index in [1.807, 2.05) is 91.0 Å². The van der Waals surface area contributed by atoms with E-state index in [0.717, 1.165) is 23.7 Å². The lowest BCUT2D eigenvalue weighted by Crippen LogP contribution is -2.64. The van der Waals surface area contributed by atoms with Crippen molar-refractivity contribution in [3.8, 4) is 0 Å². The van der Waals surface area contributed by atoms with Crippen LogP contribution in [0.25, 0.3) is 0 Å². The van der Waals surface area contributed by atoms with E-state index in [9.17, 15) is 32.4 Å². The zero-order chi connectivity index (χ0) is 39.3. The van der Waals surface area contributed by atoms with Crippen LogP contribution in [-0.2, 0) is 29.0 Å². The number of amides is 2. The standard InChI is InChI=1S/C38H46ClF3N5O6P/c1-5-31(45(4)35(49)38(40,41)42)21-22-44(3)54(39,51)52-26-32-24-46(25-33(53-32)47-23-27(2)34(48)43-36(47)50)37(28-15-9-6-10-16-28,29-17-11-7-12-18-29)30-19-13-8-14-20-30/h6-20,23,31-33,36,50H,5,21-22,24-26H2,1-4H3,(H,43,48). The van der Waals surface area contributed by atoms with E-state index < -0.39 is 55.1 Å². The summed E-state index contributed by atoms with van der Waals surface area (Å²) >= 11 is 6.53. The molecule has 0 spiro atoms. The Morgan fingerprint density at radius 3 is 2.00 bits per heavy atom. The van der Waals surface area contributed by atoms with Gasteiger partial charge in [0.2, 0.25) is 6.35 Å². The first-order valence-corrected chi connectivity index (χ1v) is 20.1. The Bertz CT molecular complexity index is 1710. The first kappa shape index (κ1) is 41.4. The summed E-state index contributed by atoms with van der Waals surface area (Å²) in [6, 6.07) is 29.1. The molecule has 3 aromatic carbocycles. The molecular formula is C38H46ClF3N5O6P. The van der Waals surface area contributed by atoms with E-state index in [1.165, 1.54) is 22.8 Å². The van der Waals surface area contributed by atoms with E-state index in [-0.39, 0.29) is 39.1 Å². The Kier molecular flexibility index (Phi) is 13.3. The Morgan fingerprint density at radius 1 is 1.00 bits per heavy atom. The highest BCUT2D eigenvalue weighted by atomic mass is 35.7. The van der Waals surface area contributed by atoms with Gasteiger partial charge in [0.25, 0.3) is 5.91 Å². The van der Waals surface area contributed by atoms with Crippen molar-refractivity contribution in [3.63, 3.8) is 0 Å². The zero-order valence-corrected chi connectivity index (χ0v) is 32.2. The van der Waals surface area contributed by atoms with Crippen LogP contribution in [0.2, 0.25) is 0 Å². The van der Waals surface area contributed by atoms with Crippen molar-refractivity contribution in [2.75, 3.05) is 40.3 Å². The van der Waals surface area contributed by atoms with Crippen LogP contribution in [-0.4, -0.2) is 108 Å². The van der Waals surface area contributed by atoms with Gasteiger partial charge < -0.3 is 29.5 Å². The van der Waals surface area contributed by atoms with Gasteiger partial charge in [-0.25, -0.2) is 4.67 Å². The average molecular weight is 792 g/mol. The Morgan fingerprint density at radius 2 is 1.52 bits per heavy atom. The smallest absolute Gasteiger partial charge is 0.356 e. The second-order valence-corrected chi connectivity index (χ2v) is 16.6. The van der Waals surface area contributed by atoms with Crippen molar-refractivity contribution in [2.45, 2.75) is 63.1 Å². The average Bonchev–Trinajstić information content (AvgIpc) is 3.16. The second-order valence-electron chi connectivity index (χ2n) is 13.4. The van der Waals surface area contributed by atoms with Gasteiger partial charge in [0.1, 0.15) is 6.23 Å². The van der Waals surface area contributed by atoms with Gasteiger partial charge in [-0.2, -0.15) is 13.2 Å². The van der Waals surface area contributed by atoms with Gasteiger partial charge in [0.15, 0.2) is 0 Å². The van der Waals surface area contributed by atoms with Crippen molar-refractivity contribution in [3.05, 3.63) is 119 Å². The lowest BCUT2D eigenvalue weighted by atomic mass is 9.75. The summed E-state index contributed by atoms with van der Waals surface area (Å²) in [5, 5.41) is 13.6. The molecule has 1 saturated heterocycles. The van der Waals surface area contributed by atoms with Crippen LogP contribution in [0.4, 0.5) is 13.2 Å². The van der Waals surface area contributed by atoms with E-state index in [0.29, 0.717) is 10.5 Å². The number of nitrogens with zero attached hydrogens (tertiary/aromatic N) is 4. The molecule has 0 saturated carbocycles. The monoisotopic (exact) mass is 791 g/mol. The van der Waals surface area contributed by atoms with Crippen LogP contribution in [0.1, 0.15) is 43.4 Å². The van der Waals surface area contributed by atoms with E-state index >= 15 is 0 Å². The Balaban J connectivity index is 1.48. The van der Waals surface area contributed by atoms with Gasteiger partial charge in [-0.3, -0.25) is 19.1 Å². The highest BCUT2D eigenvalue weighted by Gasteiger charge is 2.48. The summed E-state index contributed by atoms with van der Waals surface area (Å²) in [7, 11) is 2.53. The van der Waals surface area contributed by atoms with Crippen LogP contribution >= 0.6 is 18.1 Å². The van der Waals surface area contributed by atoms with Crippen molar-refractivity contribution in [1.29, 1.82) is 0 Å². The molecule has 3 aromatic rings. The third kappa shape index (κ3) is 9.03. The molecule has 292 valence electrons. The number of alkyl halides is 3. The number of carbonyl (C=O) groups excluding carboxylic acids is 2. The number of halogens is 4. The molecule has 2 N–H and O–H groups in total. The number of rotatable bonds is 14. The summed E-state index contributed by atoms with van der Waals surface area (Å²) in [4.78, 5) is 28.7. The summed E-state index contributed by atoms with van der Waals surface area (Å²) in [6.45, 7) is -0.626. The van der Waals surface area contributed by atoms with Gasteiger partial charge in [0.05, 0.1) is 18.2 Å². The fourth-order valence-corrected chi connectivity index (χ4v) is 8.40. The highest BCUT2D eigenvalue weighted by Crippen LogP contribution is 2.55. The first-order chi connectivity index (χ1) is 25.6. The van der Waals surface area contributed by atoms with Crippen LogP contribution in [0.5, 0.6) is 0 Å². The molecule has 2 amide bonds. The number of nitrogens with one attached hydrogen (secondary N) is 1. The fourth-order valence-electron chi connectivity index (χ4n) is 7.10. The van der Waals surface area contributed by atoms with Crippen LogP contribution < -0.4 is 5.32 Å². The largest absolute Gasteiger partial charge is 0.471 e. The maximum Gasteiger partial charge on any atom is 0.471 e. The Hall–Kier alpha value is -3.75. The normalized spacial score (nSPS) is 21.6. The Labute approximate surface area is 318 Å². The highest BCUT2D eigenvalue weighted by molar-refractivity contribution is 7.83. The van der Waals surface area contributed by atoms with Gasteiger partial charge >= 0.3 is 19.0 Å². The van der Waals surface area contributed by atoms with E-state index in [4.69, 9.17) is 20.5 Å². The van der Waals surface area contributed by atoms with Crippen LogP contribution in [0.15, 0.2) is 103 Å². The van der Waals surface area contributed by atoms with Crippen LogP contribution in [0, 0.1) is 0 Å². The number of hydrogen-bond donors (Lipinski definition) is 2. The van der Waals surface area contributed by atoms with Crippen molar-refractivity contribution < 1.29 is 41.7 Å². The lowest BCUT2D eigenvalue weighted by molar-refractivity contribution is -0.197.